The van der Waals surface area contributed by atoms with E-state index < -0.39 is 0 Å². The fraction of sp³-hybridized carbons (Fsp3) is 0.222. The Hall–Kier alpha value is -4.43. The molecule has 2 aliphatic rings. The van der Waals surface area contributed by atoms with Crippen LogP contribution in [0.1, 0.15) is 45.6 Å². The fourth-order valence-electron chi connectivity index (χ4n) is 5.74. The molecule has 1 atom stereocenters. The molecule has 0 saturated carbocycles. The average Bonchev–Trinajstić information content (AvgIpc) is 3.36. The van der Waals surface area contributed by atoms with Gasteiger partial charge in [-0.25, -0.2) is 0 Å². The first-order chi connectivity index (χ1) is 21.3. The molecule has 8 heteroatoms. The van der Waals surface area contributed by atoms with E-state index in [4.69, 9.17) is 11.6 Å². The SMILES string of the molecule is C[C@@H](NC(=O)c1ccc2c(c1)C(=C(Nc1cccc(CN3CCN(C)CC3)c1)c1ccccc1)C(=O)N2)c1cccc(Cl)c1. The van der Waals surface area contributed by atoms with E-state index in [0.717, 1.165) is 49.5 Å². The Balaban J connectivity index is 1.31. The summed E-state index contributed by atoms with van der Waals surface area (Å²) in [6.07, 6.45) is 0. The van der Waals surface area contributed by atoms with Crippen molar-refractivity contribution in [1.29, 1.82) is 0 Å². The monoisotopic (exact) mass is 605 g/mol. The molecule has 0 aromatic heterocycles. The van der Waals surface area contributed by atoms with Crippen molar-refractivity contribution in [3.05, 3.63) is 130 Å². The lowest BCUT2D eigenvalue weighted by molar-refractivity contribution is -0.110. The van der Waals surface area contributed by atoms with Crippen molar-refractivity contribution in [2.45, 2.75) is 19.5 Å². The molecule has 4 aromatic carbocycles. The Morgan fingerprint density at radius 1 is 0.886 bits per heavy atom. The largest absolute Gasteiger partial charge is 0.354 e. The molecule has 7 nitrogen and oxygen atoms in total. The number of anilines is 2. The first-order valence-electron chi connectivity index (χ1n) is 14.9. The summed E-state index contributed by atoms with van der Waals surface area (Å²) in [7, 11) is 2.16. The predicted octanol–water partition coefficient (Wildman–Crippen LogP) is 6.51. The van der Waals surface area contributed by atoms with Crippen LogP contribution in [0.3, 0.4) is 0 Å². The third-order valence-electron chi connectivity index (χ3n) is 8.23. The topological polar surface area (TPSA) is 76.7 Å². The van der Waals surface area contributed by atoms with Crippen LogP contribution >= 0.6 is 11.6 Å². The third kappa shape index (κ3) is 6.70. The minimum absolute atomic E-state index is 0.218. The normalized spacial score (nSPS) is 17.0. The Morgan fingerprint density at radius 2 is 1.66 bits per heavy atom. The van der Waals surface area contributed by atoms with Gasteiger partial charge in [0.05, 0.1) is 17.3 Å². The number of nitrogens with one attached hydrogen (secondary N) is 3. The predicted molar refractivity (Wildman–Crippen MR) is 178 cm³/mol. The number of fused-ring (bicyclic) bond motifs is 1. The van der Waals surface area contributed by atoms with E-state index in [1.807, 2.05) is 67.6 Å². The number of piperazine rings is 1. The highest BCUT2D eigenvalue weighted by molar-refractivity contribution is 6.37. The van der Waals surface area contributed by atoms with Crippen molar-refractivity contribution >= 4 is 46.1 Å². The number of halogens is 1. The molecular weight excluding hydrogens is 570 g/mol. The Morgan fingerprint density at radius 3 is 2.43 bits per heavy atom. The quantitative estimate of drug-likeness (QED) is 0.200. The molecule has 224 valence electrons. The summed E-state index contributed by atoms with van der Waals surface area (Å²) in [4.78, 5) is 31.7. The second kappa shape index (κ2) is 13.1. The van der Waals surface area contributed by atoms with Gasteiger partial charge in [0.2, 0.25) is 0 Å². The Labute approximate surface area is 263 Å². The van der Waals surface area contributed by atoms with Crippen LogP contribution in [0.2, 0.25) is 5.02 Å². The zero-order valence-electron chi connectivity index (χ0n) is 24.9. The van der Waals surface area contributed by atoms with Gasteiger partial charge >= 0.3 is 0 Å². The summed E-state index contributed by atoms with van der Waals surface area (Å²) in [6, 6.07) is 30.7. The molecule has 2 amide bonds. The fourth-order valence-corrected chi connectivity index (χ4v) is 5.93. The highest BCUT2D eigenvalue weighted by atomic mass is 35.5. The van der Waals surface area contributed by atoms with Crippen LogP contribution < -0.4 is 16.0 Å². The first kappa shape index (κ1) is 29.6. The standard InChI is InChI=1S/C36H36ClN5O2/c1-24(27-11-7-12-29(37)21-27)38-35(43)28-14-15-32-31(22-28)33(36(44)40-32)34(26-9-4-3-5-10-26)39-30-13-6-8-25(20-30)23-42-18-16-41(2)17-19-42/h3-15,20-22,24,39H,16-19,23H2,1-2H3,(H,38,43)(H,40,44)/t24-/m1/s1. The number of benzene rings is 4. The first-order valence-corrected chi connectivity index (χ1v) is 15.3. The summed E-state index contributed by atoms with van der Waals surface area (Å²) in [5.41, 5.74) is 6.88. The number of likely N-dealkylation sites (N-methyl/N-ethyl adjacent to an activating group) is 1. The molecule has 0 radical (unpaired) electrons. The van der Waals surface area contributed by atoms with Gasteiger partial charge in [0.15, 0.2) is 0 Å². The Kier molecular flexibility index (Phi) is 8.79. The maximum Gasteiger partial charge on any atom is 0.258 e. The van der Waals surface area contributed by atoms with Crippen LogP contribution in [-0.4, -0.2) is 54.8 Å². The van der Waals surface area contributed by atoms with Gasteiger partial charge in [-0.3, -0.25) is 14.5 Å². The van der Waals surface area contributed by atoms with Crippen molar-refractivity contribution in [3.63, 3.8) is 0 Å². The highest BCUT2D eigenvalue weighted by Gasteiger charge is 2.30. The molecule has 0 bridgehead atoms. The van der Waals surface area contributed by atoms with Crippen LogP contribution in [0, 0.1) is 0 Å². The lowest BCUT2D eigenvalue weighted by atomic mass is 9.98. The van der Waals surface area contributed by atoms with Crippen LogP contribution in [0.4, 0.5) is 11.4 Å². The zero-order valence-corrected chi connectivity index (χ0v) is 25.7. The molecule has 2 aliphatic heterocycles. The van der Waals surface area contributed by atoms with Gasteiger partial charge in [-0.05, 0) is 73.1 Å². The number of carbonyl (C=O) groups is 2. The average molecular weight is 606 g/mol. The van der Waals surface area contributed by atoms with Gasteiger partial charge in [-0.15, -0.1) is 0 Å². The highest BCUT2D eigenvalue weighted by Crippen LogP contribution is 2.38. The second-order valence-electron chi connectivity index (χ2n) is 11.5. The lowest BCUT2D eigenvalue weighted by Crippen LogP contribution is -2.43. The third-order valence-corrected chi connectivity index (χ3v) is 8.47. The molecular formula is C36H36ClN5O2. The summed E-state index contributed by atoms with van der Waals surface area (Å²) < 4.78 is 0. The molecule has 0 aliphatic carbocycles. The summed E-state index contributed by atoms with van der Waals surface area (Å²) in [5.74, 6) is -0.449. The van der Waals surface area contributed by atoms with Crippen LogP contribution in [0.5, 0.6) is 0 Å². The van der Waals surface area contributed by atoms with E-state index in [-0.39, 0.29) is 17.9 Å². The van der Waals surface area contributed by atoms with Crippen molar-refractivity contribution in [2.75, 3.05) is 43.9 Å². The molecule has 6 rings (SSSR count). The van der Waals surface area contributed by atoms with Crippen molar-refractivity contribution in [3.8, 4) is 0 Å². The van der Waals surface area contributed by atoms with E-state index in [0.29, 0.717) is 33.1 Å². The lowest BCUT2D eigenvalue weighted by Gasteiger charge is -2.32. The second-order valence-corrected chi connectivity index (χ2v) is 11.9. The van der Waals surface area contributed by atoms with E-state index in [1.165, 1.54) is 5.56 Å². The zero-order chi connectivity index (χ0) is 30.6. The van der Waals surface area contributed by atoms with Crippen LogP contribution in [-0.2, 0) is 11.3 Å². The van der Waals surface area contributed by atoms with Crippen LogP contribution in [0.25, 0.3) is 11.3 Å². The summed E-state index contributed by atoms with van der Waals surface area (Å²) in [6.45, 7) is 7.00. The summed E-state index contributed by atoms with van der Waals surface area (Å²) in [5, 5.41) is 10.3. The minimum Gasteiger partial charge on any atom is -0.354 e. The number of rotatable bonds is 8. The smallest absolute Gasteiger partial charge is 0.258 e. The van der Waals surface area contributed by atoms with E-state index in [9.17, 15) is 9.59 Å². The molecule has 4 aromatic rings. The maximum absolute atomic E-state index is 13.5. The Bertz CT molecular complexity index is 1710. The molecule has 1 saturated heterocycles. The minimum atomic E-state index is -0.246. The van der Waals surface area contributed by atoms with Gasteiger partial charge in [-0.2, -0.15) is 0 Å². The van der Waals surface area contributed by atoms with Gasteiger partial charge in [0, 0.05) is 60.2 Å². The van der Waals surface area contributed by atoms with Crippen molar-refractivity contribution < 1.29 is 9.59 Å². The molecule has 2 heterocycles. The van der Waals surface area contributed by atoms with Crippen LogP contribution in [0.15, 0.2) is 97.1 Å². The number of carbonyl (C=O) groups excluding carboxylic acids is 2. The molecule has 44 heavy (non-hydrogen) atoms. The molecule has 0 unspecified atom stereocenters. The molecule has 1 fully saturated rings. The summed E-state index contributed by atoms with van der Waals surface area (Å²) >= 11 is 6.17. The van der Waals surface area contributed by atoms with E-state index >= 15 is 0 Å². The maximum atomic E-state index is 13.5. The number of hydrogen-bond acceptors (Lipinski definition) is 5. The number of amides is 2. The van der Waals surface area contributed by atoms with Gasteiger partial charge in [-0.1, -0.05) is 66.2 Å². The number of hydrogen-bond donors (Lipinski definition) is 3. The van der Waals surface area contributed by atoms with Crippen molar-refractivity contribution in [1.82, 2.24) is 15.1 Å². The van der Waals surface area contributed by atoms with E-state index in [1.54, 1.807) is 24.3 Å². The van der Waals surface area contributed by atoms with Crippen molar-refractivity contribution in [2.24, 2.45) is 0 Å². The molecule has 3 N–H and O–H groups in total. The van der Waals surface area contributed by atoms with Gasteiger partial charge < -0.3 is 20.9 Å². The number of nitrogens with zero attached hydrogens (tertiary/aromatic N) is 2. The molecule has 0 spiro atoms. The van der Waals surface area contributed by atoms with Gasteiger partial charge in [0.25, 0.3) is 11.8 Å². The van der Waals surface area contributed by atoms with Gasteiger partial charge in [0.1, 0.15) is 0 Å². The van der Waals surface area contributed by atoms with E-state index in [2.05, 4.69) is 44.9 Å².